The third-order valence-corrected chi connectivity index (χ3v) is 5.91. The molecule has 0 radical (unpaired) electrons. The first-order chi connectivity index (χ1) is 15.4. The maximum Gasteiger partial charge on any atom is 0.167 e. The lowest BCUT2D eigenvalue weighted by atomic mass is 9.91. The molecule has 5 heteroatoms. The van der Waals surface area contributed by atoms with Gasteiger partial charge in [0.15, 0.2) is 5.78 Å². The van der Waals surface area contributed by atoms with Gasteiger partial charge < -0.3 is 9.64 Å². The summed E-state index contributed by atoms with van der Waals surface area (Å²) in [7, 11) is 2.16. The van der Waals surface area contributed by atoms with Crippen molar-refractivity contribution in [2.24, 2.45) is 0 Å². The molecule has 3 aromatic rings. The van der Waals surface area contributed by atoms with Gasteiger partial charge in [-0.2, -0.15) is 0 Å². The van der Waals surface area contributed by atoms with Crippen molar-refractivity contribution in [1.82, 2.24) is 4.90 Å². The Labute approximate surface area is 200 Å². The highest BCUT2D eigenvalue weighted by molar-refractivity contribution is 6.30. The molecule has 0 N–H and O–H groups in total. The number of halogens is 2. The number of Topliss-reactive ketones (excluding diaryl/α,β-unsaturated/α-hetero) is 1. The van der Waals surface area contributed by atoms with Crippen LogP contribution in [0.4, 0.5) is 0 Å². The zero-order valence-corrected chi connectivity index (χ0v) is 20.1. The molecule has 3 nitrogen and oxygen atoms in total. The minimum atomic E-state index is 0.0209. The quantitative estimate of drug-likeness (QED) is 0.314. The molecule has 0 spiro atoms. The fraction of sp³-hybridized carbons (Fsp3) is 0.296. The Balaban J connectivity index is 1.56. The van der Waals surface area contributed by atoms with Crippen LogP contribution in [-0.2, 0) is 11.2 Å². The van der Waals surface area contributed by atoms with Gasteiger partial charge in [-0.3, -0.25) is 4.79 Å². The van der Waals surface area contributed by atoms with E-state index in [1.165, 1.54) is 23.6 Å². The van der Waals surface area contributed by atoms with Crippen LogP contribution in [0.25, 0.3) is 0 Å². The number of likely N-dealkylation sites (N-methyl/N-ethyl adjacent to an activating group) is 1. The summed E-state index contributed by atoms with van der Waals surface area (Å²) in [6.07, 6.45) is 2.04. The summed E-state index contributed by atoms with van der Waals surface area (Å²) in [6, 6.07) is 24.2. The highest BCUT2D eigenvalue weighted by Crippen LogP contribution is 2.28. The van der Waals surface area contributed by atoms with Crippen LogP contribution in [0.1, 0.15) is 36.0 Å². The molecule has 3 rings (SSSR count). The molecule has 0 saturated carbocycles. The average Bonchev–Trinajstić information content (AvgIpc) is 2.78. The molecule has 0 atom stereocenters. The SMILES string of the molecule is CC(=O)COc1ccc(CCCN(C)CC(c2ccc(Cl)cc2)c2ccc(Cl)cc2)cc1. The maximum atomic E-state index is 11.0. The van der Waals surface area contributed by atoms with Gasteiger partial charge in [-0.25, -0.2) is 0 Å². The average molecular weight is 470 g/mol. The van der Waals surface area contributed by atoms with Crippen molar-refractivity contribution < 1.29 is 9.53 Å². The second-order valence-electron chi connectivity index (χ2n) is 8.16. The molecule has 0 bridgehead atoms. The summed E-state index contributed by atoms with van der Waals surface area (Å²) < 4.78 is 5.43. The number of nitrogens with zero attached hydrogens (tertiary/aromatic N) is 1. The van der Waals surface area contributed by atoms with Gasteiger partial charge in [0.05, 0.1) is 0 Å². The summed E-state index contributed by atoms with van der Waals surface area (Å²) in [6.45, 7) is 3.53. The highest BCUT2D eigenvalue weighted by atomic mass is 35.5. The van der Waals surface area contributed by atoms with Crippen LogP contribution in [0.15, 0.2) is 72.8 Å². The van der Waals surface area contributed by atoms with Gasteiger partial charge in [-0.15, -0.1) is 0 Å². The van der Waals surface area contributed by atoms with Gasteiger partial charge in [-0.05, 0) is 86.4 Å². The Morgan fingerprint density at radius 2 is 1.41 bits per heavy atom. The van der Waals surface area contributed by atoms with Crippen molar-refractivity contribution in [3.8, 4) is 5.75 Å². The van der Waals surface area contributed by atoms with E-state index in [4.69, 9.17) is 27.9 Å². The van der Waals surface area contributed by atoms with E-state index >= 15 is 0 Å². The van der Waals surface area contributed by atoms with Crippen LogP contribution >= 0.6 is 23.2 Å². The molecule has 168 valence electrons. The molecule has 3 aromatic carbocycles. The molecule has 32 heavy (non-hydrogen) atoms. The molecule has 0 fully saturated rings. The topological polar surface area (TPSA) is 29.5 Å². The number of carbonyl (C=O) groups is 1. The van der Waals surface area contributed by atoms with Crippen molar-refractivity contribution in [3.63, 3.8) is 0 Å². The van der Waals surface area contributed by atoms with Gasteiger partial charge in [-0.1, -0.05) is 59.6 Å². The second kappa shape index (κ2) is 12.1. The van der Waals surface area contributed by atoms with Gasteiger partial charge in [0.1, 0.15) is 12.4 Å². The first-order valence-electron chi connectivity index (χ1n) is 10.8. The number of ketones is 1. The zero-order chi connectivity index (χ0) is 22.9. The molecule has 0 aliphatic heterocycles. The van der Waals surface area contributed by atoms with E-state index in [0.29, 0.717) is 0 Å². The lowest BCUT2D eigenvalue weighted by molar-refractivity contribution is -0.118. The van der Waals surface area contributed by atoms with Crippen molar-refractivity contribution in [2.75, 3.05) is 26.7 Å². The Kier molecular flexibility index (Phi) is 9.16. The number of hydrogen-bond donors (Lipinski definition) is 0. The molecule has 0 saturated heterocycles. The molecule has 0 amide bonds. The van der Waals surface area contributed by atoms with Crippen molar-refractivity contribution in [3.05, 3.63) is 99.5 Å². The Bertz CT molecular complexity index is 940. The fourth-order valence-corrected chi connectivity index (χ4v) is 3.94. The summed E-state index contributed by atoms with van der Waals surface area (Å²) in [5.74, 6) is 0.995. The van der Waals surface area contributed by atoms with Crippen LogP contribution in [-0.4, -0.2) is 37.4 Å². The van der Waals surface area contributed by atoms with Crippen LogP contribution in [0.5, 0.6) is 5.75 Å². The van der Waals surface area contributed by atoms with Crippen molar-refractivity contribution >= 4 is 29.0 Å². The molecular formula is C27H29Cl2NO2. The number of carbonyl (C=O) groups excluding carboxylic acids is 1. The standard InChI is InChI=1S/C27H29Cl2NO2/c1-20(31)19-32-26-15-5-21(6-16-26)4-3-17-30(2)18-27(22-7-11-24(28)12-8-22)23-9-13-25(29)14-10-23/h5-16,27H,3-4,17-19H2,1-2H3. The number of benzene rings is 3. The van der Waals surface area contributed by atoms with Crippen LogP contribution in [0.3, 0.4) is 0 Å². The number of ether oxygens (including phenoxy) is 1. The van der Waals surface area contributed by atoms with Crippen LogP contribution < -0.4 is 4.74 Å². The minimum absolute atomic E-state index is 0.0209. The molecular weight excluding hydrogens is 441 g/mol. The number of hydrogen-bond acceptors (Lipinski definition) is 3. The molecule has 0 aromatic heterocycles. The summed E-state index contributed by atoms with van der Waals surface area (Å²) >= 11 is 12.2. The van der Waals surface area contributed by atoms with Gasteiger partial charge >= 0.3 is 0 Å². The summed E-state index contributed by atoms with van der Waals surface area (Å²) in [5, 5.41) is 1.49. The second-order valence-corrected chi connectivity index (χ2v) is 9.03. The predicted octanol–water partition coefficient (Wildman–Crippen LogP) is 6.66. The Hall–Kier alpha value is -2.33. The zero-order valence-electron chi connectivity index (χ0n) is 18.6. The lowest BCUT2D eigenvalue weighted by Gasteiger charge is -2.25. The van der Waals surface area contributed by atoms with Crippen molar-refractivity contribution in [2.45, 2.75) is 25.7 Å². The summed E-state index contributed by atoms with van der Waals surface area (Å²) in [5.41, 5.74) is 3.75. The fourth-order valence-electron chi connectivity index (χ4n) is 3.69. The third-order valence-electron chi connectivity index (χ3n) is 5.41. The normalized spacial score (nSPS) is 11.2. The van der Waals surface area contributed by atoms with Gasteiger partial charge in [0.25, 0.3) is 0 Å². The highest BCUT2D eigenvalue weighted by Gasteiger charge is 2.16. The smallest absolute Gasteiger partial charge is 0.167 e. The van der Waals surface area contributed by atoms with Gasteiger partial charge in [0.2, 0.25) is 0 Å². The molecule has 0 unspecified atom stereocenters. The van der Waals surface area contributed by atoms with Crippen molar-refractivity contribution in [1.29, 1.82) is 0 Å². The molecule has 0 aliphatic rings. The number of rotatable bonds is 11. The van der Waals surface area contributed by atoms with E-state index in [0.717, 1.165) is 41.7 Å². The van der Waals surface area contributed by atoms with E-state index in [1.54, 1.807) is 0 Å². The Morgan fingerprint density at radius 3 is 1.91 bits per heavy atom. The van der Waals surface area contributed by atoms with Crippen LogP contribution in [0.2, 0.25) is 10.0 Å². The third kappa shape index (κ3) is 7.67. The minimum Gasteiger partial charge on any atom is -0.486 e. The van der Waals surface area contributed by atoms with E-state index in [-0.39, 0.29) is 18.3 Å². The van der Waals surface area contributed by atoms with Gasteiger partial charge in [0, 0.05) is 22.5 Å². The molecule has 0 heterocycles. The maximum absolute atomic E-state index is 11.0. The van der Waals surface area contributed by atoms with E-state index in [9.17, 15) is 4.79 Å². The monoisotopic (exact) mass is 469 g/mol. The lowest BCUT2D eigenvalue weighted by Crippen LogP contribution is -2.26. The van der Waals surface area contributed by atoms with E-state index in [2.05, 4.69) is 48.3 Å². The van der Waals surface area contributed by atoms with E-state index < -0.39 is 0 Å². The first-order valence-corrected chi connectivity index (χ1v) is 11.6. The van der Waals surface area contributed by atoms with Crippen LogP contribution in [0, 0.1) is 0 Å². The first kappa shape index (κ1) is 24.3. The van der Waals surface area contributed by atoms with E-state index in [1.807, 2.05) is 36.4 Å². The number of aryl methyl sites for hydroxylation is 1. The molecule has 0 aliphatic carbocycles. The summed E-state index contributed by atoms with van der Waals surface area (Å²) in [4.78, 5) is 13.4. The predicted molar refractivity (Wildman–Crippen MR) is 133 cm³/mol. The largest absolute Gasteiger partial charge is 0.486 e. The Morgan fingerprint density at radius 1 is 0.875 bits per heavy atom.